The molecule has 1 aromatic rings. The minimum Gasteiger partial charge on any atom is -0.508 e. The predicted molar refractivity (Wildman–Crippen MR) is 75.4 cm³/mol. The van der Waals surface area contributed by atoms with Gasteiger partial charge in [-0.2, -0.15) is 0 Å². The van der Waals surface area contributed by atoms with Crippen LogP contribution in [0.3, 0.4) is 0 Å². The van der Waals surface area contributed by atoms with E-state index in [2.05, 4.69) is 12.2 Å². The molecule has 4 atom stereocenters. The summed E-state index contributed by atoms with van der Waals surface area (Å²) in [6.07, 6.45) is 6.65. The number of aromatic hydroxyl groups is 1. The van der Waals surface area contributed by atoms with Crippen LogP contribution in [-0.2, 0) is 9.59 Å². The second-order valence-corrected chi connectivity index (χ2v) is 6.75. The van der Waals surface area contributed by atoms with E-state index >= 15 is 0 Å². The molecule has 3 aliphatic carbocycles. The molecule has 1 aromatic carbocycles. The van der Waals surface area contributed by atoms with Gasteiger partial charge in [0.05, 0.1) is 17.5 Å². The number of imide groups is 1. The van der Waals surface area contributed by atoms with Gasteiger partial charge in [0, 0.05) is 0 Å². The van der Waals surface area contributed by atoms with E-state index in [4.69, 9.17) is 0 Å². The Bertz CT molecular complexity index is 667. The Balaban J connectivity index is 1.57. The Labute approximate surface area is 122 Å². The van der Waals surface area contributed by atoms with Crippen molar-refractivity contribution in [2.24, 2.45) is 29.1 Å². The highest BCUT2D eigenvalue weighted by Crippen LogP contribution is 2.73. The maximum absolute atomic E-state index is 12.8. The zero-order chi connectivity index (χ0) is 14.4. The summed E-state index contributed by atoms with van der Waals surface area (Å²) in [6, 6.07) is 6.29. The number of hydrogen-bond acceptors (Lipinski definition) is 3. The van der Waals surface area contributed by atoms with Gasteiger partial charge in [-0.1, -0.05) is 12.2 Å². The summed E-state index contributed by atoms with van der Waals surface area (Å²) < 4.78 is 0. The van der Waals surface area contributed by atoms with Gasteiger partial charge in [0.1, 0.15) is 5.75 Å². The number of phenols is 1. The summed E-state index contributed by atoms with van der Waals surface area (Å²) in [4.78, 5) is 26.9. The van der Waals surface area contributed by atoms with E-state index in [0.717, 1.165) is 12.8 Å². The van der Waals surface area contributed by atoms with E-state index in [1.807, 2.05) is 0 Å². The zero-order valence-corrected chi connectivity index (χ0v) is 11.4. The fourth-order valence-corrected chi connectivity index (χ4v) is 4.93. The van der Waals surface area contributed by atoms with Gasteiger partial charge in [-0.3, -0.25) is 14.5 Å². The van der Waals surface area contributed by atoms with Gasteiger partial charge < -0.3 is 5.11 Å². The number of phenolic OH excluding ortho intramolecular Hbond substituents is 1. The second kappa shape index (κ2) is 3.38. The van der Waals surface area contributed by atoms with Crippen molar-refractivity contribution in [3.05, 3.63) is 36.4 Å². The van der Waals surface area contributed by atoms with Gasteiger partial charge in [0.2, 0.25) is 11.8 Å². The first-order chi connectivity index (χ1) is 10.1. The molecule has 4 unspecified atom stereocenters. The molecule has 1 spiro atoms. The van der Waals surface area contributed by atoms with Gasteiger partial charge >= 0.3 is 0 Å². The summed E-state index contributed by atoms with van der Waals surface area (Å²) >= 11 is 0. The largest absolute Gasteiger partial charge is 0.508 e. The van der Waals surface area contributed by atoms with E-state index < -0.39 is 0 Å². The number of anilines is 1. The maximum Gasteiger partial charge on any atom is 0.238 e. The number of allylic oxidation sites excluding steroid dienone is 2. The highest BCUT2D eigenvalue weighted by atomic mass is 16.3. The van der Waals surface area contributed by atoms with Gasteiger partial charge in [0.15, 0.2) is 0 Å². The molecule has 2 amide bonds. The van der Waals surface area contributed by atoms with Crippen molar-refractivity contribution in [1.82, 2.24) is 0 Å². The molecule has 4 heteroatoms. The minimum atomic E-state index is -0.163. The van der Waals surface area contributed by atoms with Crippen molar-refractivity contribution in [2.75, 3.05) is 4.90 Å². The number of rotatable bonds is 1. The standard InChI is InChI=1S/C17H15NO3/c19-10-3-1-9(2-4-10)18-15(20)13-11-5-6-12(14(13)16(18)21)17(11)7-8-17/h1-6,11-14,19H,7-8H2. The van der Waals surface area contributed by atoms with Gasteiger partial charge in [-0.05, 0) is 54.4 Å². The summed E-state index contributed by atoms with van der Waals surface area (Å²) in [7, 11) is 0. The number of fused-ring (bicyclic) bond motifs is 3. The van der Waals surface area contributed by atoms with Gasteiger partial charge in [-0.15, -0.1) is 0 Å². The van der Waals surface area contributed by atoms with Crippen LogP contribution in [0, 0.1) is 29.1 Å². The van der Waals surface area contributed by atoms with E-state index in [0.29, 0.717) is 5.69 Å². The topological polar surface area (TPSA) is 57.6 Å². The Morgan fingerprint density at radius 2 is 1.48 bits per heavy atom. The molecule has 2 saturated carbocycles. The Hall–Kier alpha value is -2.10. The van der Waals surface area contributed by atoms with E-state index in [9.17, 15) is 14.7 Å². The van der Waals surface area contributed by atoms with Crippen LogP contribution in [0.2, 0.25) is 0 Å². The van der Waals surface area contributed by atoms with Crippen molar-refractivity contribution in [2.45, 2.75) is 12.8 Å². The first-order valence-corrected chi connectivity index (χ1v) is 7.49. The minimum absolute atomic E-state index is 0.0567. The summed E-state index contributed by atoms with van der Waals surface area (Å²) in [5, 5.41) is 9.37. The monoisotopic (exact) mass is 281 g/mol. The second-order valence-electron chi connectivity index (χ2n) is 6.75. The molecule has 2 bridgehead atoms. The highest BCUT2D eigenvalue weighted by Gasteiger charge is 2.73. The quantitative estimate of drug-likeness (QED) is 0.633. The van der Waals surface area contributed by atoms with Crippen molar-refractivity contribution in [3.63, 3.8) is 0 Å². The van der Waals surface area contributed by atoms with E-state index in [1.165, 1.54) is 17.0 Å². The number of carbonyl (C=O) groups is 2. The fourth-order valence-electron chi connectivity index (χ4n) is 4.93. The molecule has 21 heavy (non-hydrogen) atoms. The van der Waals surface area contributed by atoms with Crippen LogP contribution in [0.25, 0.3) is 0 Å². The van der Waals surface area contributed by atoms with Gasteiger partial charge in [0.25, 0.3) is 0 Å². The Morgan fingerprint density at radius 1 is 0.952 bits per heavy atom. The molecule has 1 aliphatic heterocycles. The number of nitrogens with zero attached hydrogens (tertiary/aromatic N) is 1. The van der Waals surface area contributed by atoms with Crippen LogP contribution < -0.4 is 4.90 Å². The smallest absolute Gasteiger partial charge is 0.238 e. The van der Waals surface area contributed by atoms with Gasteiger partial charge in [-0.25, -0.2) is 0 Å². The number of carbonyl (C=O) groups excluding carboxylic acids is 2. The van der Waals surface area contributed by atoms with Crippen molar-refractivity contribution in [3.8, 4) is 5.75 Å². The molecule has 0 aromatic heterocycles. The molecule has 0 radical (unpaired) electrons. The summed E-state index contributed by atoms with van der Waals surface area (Å²) in [6.45, 7) is 0. The third kappa shape index (κ3) is 1.18. The molecule has 106 valence electrons. The zero-order valence-electron chi connectivity index (χ0n) is 11.4. The highest BCUT2D eigenvalue weighted by molar-refractivity contribution is 6.23. The van der Waals surface area contributed by atoms with Crippen molar-refractivity contribution in [1.29, 1.82) is 0 Å². The van der Waals surface area contributed by atoms with Crippen LogP contribution in [0.5, 0.6) is 5.75 Å². The first kappa shape index (κ1) is 11.5. The fraction of sp³-hybridized carbons (Fsp3) is 0.412. The molecular formula is C17H15NO3. The predicted octanol–water partition coefficient (Wildman–Crippen LogP) is 2.09. The SMILES string of the molecule is O=C1C2C(C(=O)N1c1ccc(O)cc1)C1C=CC2C12CC2. The van der Waals surface area contributed by atoms with Crippen LogP contribution >= 0.6 is 0 Å². The van der Waals surface area contributed by atoms with E-state index in [-0.39, 0.29) is 46.7 Å². The molecule has 5 rings (SSSR count). The normalized spacial score (nSPS) is 37.6. The maximum atomic E-state index is 12.8. The Kier molecular flexibility index (Phi) is 1.86. The van der Waals surface area contributed by atoms with Crippen molar-refractivity contribution < 1.29 is 14.7 Å². The average Bonchev–Trinajstić information content (AvgIpc) is 3.07. The molecule has 1 N–H and O–H groups in total. The number of hydrogen-bond donors (Lipinski definition) is 1. The van der Waals surface area contributed by atoms with Crippen LogP contribution in [-0.4, -0.2) is 16.9 Å². The lowest BCUT2D eigenvalue weighted by Crippen LogP contribution is -2.34. The molecule has 4 aliphatic rings. The Morgan fingerprint density at radius 3 is 1.95 bits per heavy atom. The lowest BCUT2D eigenvalue weighted by Gasteiger charge is -2.21. The molecular weight excluding hydrogens is 266 g/mol. The summed E-state index contributed by atoms with van der Waals surface area (Å²) in [5.41, 5.74) is 0.809. The lowest BCUT2D eigenvalue weighted by atomic mass is 9.85. The number of amides is 2. The third-order valence-corrected chi connectivity index (χ3v) is 5.96. The van der Waals surface area contributed by atoms with Crippen LogP contribution in [0.15, 0.2) is 36.4 Å². The summed E-state index contributed by atoms with van der Waals surface area (Å²) in [5.74, 6) is 0.207. The average molecular weight is 281 g/mol. The van der Waals surface area contributed by atoms with Crippen LogP contribution in [0.4, 0.5) is 5.69 Å². The third-order valence-electron chi connectivity index (χ3n) is 5.96. The first-order valence-electron chi connectivity index (χ1n) is 7.49. The van der Waals surface area contributed by atoms with Crippen LogP contribution in [0.1, 0.15) is 12.8 Å². The molecule has 3 fully saturated rings. The molecule has 1 saturated heterocycles. The lowest BCUT2D eigenvalue weighted by molar-refractivity contribution is -0.123. The van der Waals surface area contributed by atoms with E-state index in [1.54, 1.807) is 12.1 Å². The molecule has 1 heterocycles. The number of benzene rings is 1. The molecule has 4 nitrogen and oxygen atoms in total. The van der Waals surface area contributed by atoms with Crippen molar-refractivity contribution >= 4 is 17.5 Å².